The van der Waals surface area contributed by atoms with Crippen molar-refractivity contribution in [1.29, 1.82) is 0 Å². The van der Waals surface area contributed by atoms with E-state index in [4.69, 9.17) is 0 Å². The first-order chi connectivity index (χ1) is 12.6. The molecule has 3 rings (SSSR count). The zero-order valence-corrected chi connectivity index (χ0v) is 15.0. The van der Waals surface area contributed by atoms with Crippen LogP contribution in [0.4, 0.5) is 5.69 Å². The van der Waals surface area contributed by atoms with Crippen LogP contribution in [0, 0.1) is 10.1 Å². The molecule has 0 unspecified atom stereocenters. The van der Waals surface area contributed by atoms with E-state index < -0.39 is 4.92 Å². The fraction of sp³-hybridized carbons (Fsp3) is 0.381. The first-order valence-electron chi connectivity index (χ1n) is 9.22. The zero-order chi connectivity index (χ0) is 18.5. The van der Waals surface area contributed by atoms with Crippen LogP contribution in [0.3, 0.4) is 0 Å². The number of nitrogens with zero attached hydrogens (tertiary/aromatic N) is 1. The van der Waals surface area contributed by atoms with Crippen LogP contribution in [-0.4, -0.2) is 10.8 Å². The van der Waals surface area contributed by atoms with E-state index in [1.54, 1.807) is 18.2 Å². The Kier molecular flexibility index (Phi) is 5.66. The molecule has 0 bridgehead atoms. The van der Waals surface area contributed by atoms with Crippen molar-refractivity contribution in [2.75, 3.05) is 0 Å². The third-order valence-electron chi connectivity index (χ3n) is 5.06. The number of benzene rings is 2. The smallest absolute Gasteiger partial charge is 0.273 e. The van der Waals surface area contributed by atoms with Crippen LogP contribution >= 0.6 is 0 Å². The van der Waals surface area contributed by atoms with E-state index in [2.05, 4.69) is 23.5 Å². The van der Waals surface area contributed by atoms with E-state index in [1.165, 1.54) is 30.0 Å². The summed E-state index contributed by atoms with van der Waals surface area (Å²) in [5.41, 5.74) is 4.35. The Labute approximate surface area is 153 Å². The number of fused-ring (bicyclic) bond motifs is 1. The maximum absolute atomic E-state index is 12.5. The molecule has 0 aromatic heterocycles. The summed E-state index contributed by atoms with van der Waals surface area (Å²) in [6.45, 7) is 2.04. The van der Waals surface area contributed by atoms with E-state index >= 15 is 0 Å². The lowest BCUT2D eigenvalue weighted by molar-refractivity contribution is -0.385. The molecule has 0 aliphatic heterocycles. The third kappa shape index (κ3) is 4.10. The van der Waals surface area contributed by atoms with Crippen LogP contribution in [0.2, 0.25) is 0 Å². The molecule has 1 atom stereocenters. The van der Waals surface area contributed by atoms with Crippen LogP contribution in [0.15, 0.2) is 42.5 Å². The average Bonchev–Trinajstić information content (AvgIpc) is 2.66. The zero-order valence-electron chi connectivity index (χ0n) is 15.0. The van der Waals surface area contributed by atoms with Crippen LogP contribution in [-0.2, 0) is 24.1 Å². The van der Waals surface area contributed by atoms with Gasteiger partial charge in [-0.1, -0.05) is 43.3 Å². The minimum Gasteiger partial charge on any atom is -0.349 e. The van der Waals surface area contributed by atoms with E-state index in [0.29, 0.717) is 5.56 Å². The number of nitro groups is 1. The number of carbonyl (C=O) groups is 1. The molecular formula is C21H24N2O3. The summed E-state index contributed by atoms with van der Waals surface area (Å²) in [4.78, 5) is 23.2. The van der Waals surface area contributed by atoms with Crippen molar-refractivity contribution in [3.05, 3.63) is 74.8 Å². The number of amides is 1. The lowest BCUT2D eigenvalue weighted by Crippen LogP contribution is -2.29. The molecule has 0 radical (unpaired) electrons. The lowest BCUT2D eigenvalue weighted by Gasteiger charge is -2.21. The van der Waals surface area contributed by atoms with Gasteiger partial charge in [0.25, 0.3) is 5.69 Å². The molecule has 0 heterocycles. The van der Waals surface area contributed by atoms with Gasteiger partial charge < -0.3 is 5.32 Å². The number of hydrogen-bond donors (Lipinski definition) is 1. The summed E-state index contributed by atoms with van der Waals surface area (Å²) < 4.78 is 0. The summed E-state index contributed by atoms with van der Waals surface area (Å²) >= 11 is 0. The van der Waals surface area contributed by atoms with E-state index in [9.17, 15) is 14.9 Å². The molecule has 0 fully saturated rings. The molecule has 1 aliphatic carbocycles. The van der Waals surface area contributed by atoms with Gasteiger partial charge in [-0.05, 0) is 48.8 Å². The second-order valence-electron chi connectivity index (χ2n) is 6.83. The second kappa shape index (κ2) is 8.13. The quantitative estimate of drug-likeness (QED) is 0.623. The van der Waals surface area contributed by atoms with Gasteiger partial charge in [-0.2, -0.15) is 0 Å². The number of para-hydroxylation sites is 1. The summed E-state index contributed by atoms with van der Waals surface area (Å²) in [7, 11) is 0. The molecule has 136 valence electrons. The Morgan fingerprint density at radius 2 is 1.88 bits per heavy atom. The Morgan fingerprint density at radius 1 is 1.15 bits per heavy atom. The first-order valence-corrected chi connectivity index (χ1v) is 9.22. The van der Waals surface area contributed by atoms with Crippen molar-refractivity contribution >= 4 is 11.6 Å². The van der Waals surface area contributed by atoms with Crippen molar-refractivity contribution in [1.82, 2.24) is 5.32 Å². The SMILES string of the molecule is CC[C@H](NC(=O)Cc1ccccc1[N+](=O)[O-])c1ccc2c(c1)CCCC2. The van der Waals surface area contributed by atoms with Crippen LogP contribution in [0.1, 0.15) is 54.5 Å². The van der Waals surface area contributed by atoms with Crippen molar-refractivity contribution in [2.24, 2.45) is 0 Å². The maximum atomic E-state index is 12.5. The molecule has 2 aromatic rings. The average molecular weight is 352 g/mol. The highest BCUT2D eigenvalue weighted by atomic mass is 16.6. The minimum absolute atomic E-state index is 0.00974. The van der Waals surface area contributed by atoms with Crippen LogP contribution < -0.4 is 5.32 Å². The molecule has 1 N–H and O–H groups in total. The molecule has 26 heavy (non-hydrogen) atoms. The number of hydrogen-bond acceptors (Lipinski definition) is 3. The Balaban J connectivity index is 1.72. The Hall–Kier alpha value is -2.69. The van der Waals surface area contributed by atoms with Gasteiger partial charge in [0.1, 0.15) is 0 Å². The van der Waals surface area contributed by atoms with Crippen LogP contribution in [0.5, 0.6) is 0 Å². The van der Waals surface area contributed by atoms with Gasteiger partial charge in [0, 0.05) is 11.6 Å². The molecule has 0 spiro atoms. The van der Waals surface area contributed by atoms with E-state index in [-0.39, 0.29) is 24.1 Å². The fourth-order valence-electron chi connectivity index (χ4n) is 3.65. The first kappa shape index (κ1) is 18.1. The highest BCUT2D eigenvalue weighted by molar-refractivity contribution is 5.80. The molecule has 0 saturated heterocycles. The van der Waals surface area contributed by atoms with Gasteiger partial charge in [0.2, 0.25) is 5.91 Å². The van der Waals surface area contributed by atoms with Gasteiger partial charge >= 0.3 is 0 Å². The fourth-order valence-corrected chi connectivity index (χ4v) is 3.65. The second-order valence-corrected chi connectivity index (χ2v) is 6.83. The molecule has 1 aliphatic rings. The maximum Gasteiger partial charge on any atom is 0.273 e. The topological polar surface area (TPSA) is 72.2 Å². The number of carbonyl (C=O) groups excluding carboxylic acids is 1. The predicted molar refractivity (Wildman–Crippen MR) is 101 cm³/mol. The van der Waals surface area contributed by atoms with Crippen molar-refractivity contribution in [3.8, 4) is 0 Å². The molecular weight excluding hydrogens is 328 g/mol. The van der Waals surface area contributed by atoms with Crippen molar-refractivity contribution in [3.63, 3.8) is 0 Å². The highest BCUT2D eigenvalue weighted by Gasteiger charge is 2.19. The van der Waals surface area contributed by atoms with Gasteiger partial charge in [0.15, 0.2) is 0 Å². The number of nitrogens with one attached hydrogen (secondary N) is 1. The summed E-state index contributed by atoms with van der Waals surface area (Å²) in [5.74, 6) is -0.191. The largest absolute Gasteiger partial charge is 0.349 e. The number of aryl methyl sites for hydroxylation is 2. The summed E-state index contributed by atoms with van der Waals surface area (Å²) in [5, 5.41) is 14.2. The van der Waals surface area contributed by atoms with Crippen LogP contribution in [0.25, 0.3) is 0 Å². The predicted octanol–water partition coefficient (Wildman–Crippen LogP) is 4.28. The van der Waals surface area contributed by atoms with Gasteiger partial charge in [-0.15, -0.1) is 0 Å². The minimum atomic E-state index is -0.441. The van der Waals surface area contributed by atoms with E-state index in [0.717, 1.165) is 24.8 Å². The molecule has 2 aromatic carbocycles. The molecule has 5 nitrogen and oxygen atoms in total. The van der Waals surface area contributed by atoms with Gasteiger partial charge in [-0.3, -0.25) is 14.9 Å². The normalized spacial score (nSPS) is 14.3. The highest BCUT2D eigenvalue weighted by Crippen LogP contribution is 2.26. The van der Waals surface area contributed by atoms with Gasteiger partial charge in [0.05, 0.1) is 17.4 Å². The van der Waals surface area contributed by atoms with Crippen molar-refractivity contribution in [2.45, 2.75) is 51.5 Å². The third-order valence-corrected chi connectivity index (χ3v) is 5.06. The number of nitro benzene ring substituents is 1. The molecule has 5 heteroatoms. The summed E-state index contributed by atoms with van der Waals surface area (Å²) in [6.07, 6.45) is 5.49. The summed E-state index contributed by atoms with van der Waals surface area (Å²) in [6, 6.07) is 12.8. The van der Waals surface area contributed by atoms with E-state index in [1.807, 2.05) is 6.92 Å². The monoisotopic (exact) mass is 352 g/mol. The van der Waals surface area contributed by atoms with Crippen molar-refractivity contribution < 1.29 is 9.72 Å². The molecule has 0 saturated carbocycles. The van der Waals surface area contributed by atoms with Gasteiger partial charge in [-0.25, -0.2) is 0 Å². The standard InChI is InChI=1S/C21H24N2O3/c1-2-19(17-12-11-15-7-3-4-8-16(15)13-17)22-21(24)14-18-9-5-6-10-20(18)23(25)26/h5-6,9-13,19H,2-4,7-8,14H2,1H3,(H,22,24)/t19-/m0/s1. The Morgan fingerprint density at radius 3 is 2.62 bits per heavy atom. The Bertz CT molecular complexity index is 817. The molecule has 1 amide bonds. The number of rotatable bonds is 6. The lowest BCUT2D eigenvalue weighted by atomic mass is 9.88.